The fourth-order valence-electron chi connectivity index (χ4n) is 6.79. The summed E-state index contributed by atoms with van der Waals surface area (Å²) >= 11 is 0. The van der Waals surface area contributed by atoms with Crippen LogP contribution in [0.2, 0.25) is 0 Å². The van der Waals surface area contributed by atoms with Crippen molar-refractivity contribution in [2.75, 3.05) is 0 Å². The van der Waals surface area contributed by atoms with Gasteiger partial charge in [-0.05, 0) is 78.5 Å². The van der Waals surface area contributed by atoms with Crippen LogP contribution in [0.1, 0.15) is 2.74 Å². The van der Waals surface area contributed by atoms with Crippen molar-refractivity contribution in [3.05, 3.63) is 158 Å². The Kier molecular flexibility index (Phi) is 4.83. The Hall–Kier alpha value is -5.66. The smallest absolute Gasteiger partial charge is 0.143 e. The fourth-order valence-corrected chi connectivity index (χ4v) is 6.79. The third-order valence-electron chi connectivity index (χ3n) is 8.68. The van der Waals surface area contributed by atoms with Crippen molar-refractivity contribution in [3.8, 4) is 33.4 Å². The van der Waals surface area contributed by atoms with E-state index in [0.717, 1.165) is 43.6 Å². The van der Waals surface area contributed by atoms with Crippen molar-refractivity contribution in [1.82, 2.24) is 0 Å². The number of para-hydroxylation sites is 1. The lowest BCUT2D eigenvalue weighted by atomic mass is 9.83. The summed E-state index contributed by atoms with van der Waals surface area (Å²) in [5, 5.41) is 7.84. The predicted molar refractivity (Wildman–Crippen MR) is 183 cm³/mol. The molecule has 0 bridgehead atoms. The molecule has 9 rings (SSSR count). The van der Waals surface area contributed by atoms with Gasteiger partial charge < -0.3 is 4.42 Å². The maximum absolute atomic E-state index is 8.91. The van der Waals surface area contributed by atoms with Gasteiger partial charge in [0.05, 0.1) is 2.74 Å². The maximum atomic E-state index is 8.91. The van der Waals surface area contributed by atoms with E-state index in [1.807, 2.05) is 30.3 Å². The summed E-state index contributed by atoms with van der Waals surface area (Å²) in [6.07, 6.45) is 0. The number of hydrogen-bond acceptors (Lipinski definition) is 1. The molecule has 0 radical (unpaired) electrons. The molecule has 8 aromatic carbocycles. The molecule has 0 aliphatic carbocycles. The van der Waals surface area contributed by atoms with Gasteiger partial charge in [-0.2, -0.15) is 0 Å². The van der Waals surface area contributed by atoms with Gasteiger partial charge in [-0.25, -0.2) is 0 Å². The molecular formula is C42H26O. The van der Waals surface area contributed by atoms with E-state index in [0.29, 0.717) is 11.0 Å². The predicted octanol–water partition coefficient (Wildman–Crippen LogP) is 12.0. The Labute approximate surface area is 252 Å². The van der Waals surface area contributed by atoms with E-state index in [2.05, 4.69) is 115 Å². The van der Waals surface area contributed by atoms with Crippen molar-refractivity contribution in [1.29, 1.82) is 0 Å². The van der Waals surface area contributed by atoms with Gasteiger partial charge in [0.1, 0.15) is 11.2 Å². The number of hydrogen-bond donors (Lipinski definition) is 0. The molecule has 0 spiro atoms. The normalized spacial score (nSPS) is 12.4. The summed E-state index contributed by atoms with van der Waals surface area (Å²) in [4.78, 5) is 0. The Balaban J connectivity index is 1.39. The molecule has 1 aromatic heterocycles. The largest absolute Gasteiger partial charge is 0.455 e. The molecule has 43 heavy (non-hydrogen) atoms. The van der Waals surface area contributed by atoms with Crippen LogP contribution in [-0.2, 0) is 0 Å². The molecule has 200 valence electrons. The summed E-state index contributed by atoms with van der Waals surface area (Å²) in [5.74, 6) is 0. The minimum absolute atomic E-state index is 0.201. The first kappa shape index (κ1) is 22.0. The van der Waals surface area contributed by atoms with Crippen LogP contribution >= 0.6 is 0 Å². The Morgan fingerprint density at radius 1 is 0.395 bits per heavy atom. The van der Waals surface area contributed by atoms with Gasteiger partial charge in [-0.3, -0.25) is 0 Å². The third-order valence-corrected chi connectivity index (χ3v) is 8.68. The zero-order valence-electron chi connectivity index (χ0n) is 25.3. The summed E-state index contributed by atoms with van der Waals surface area (Å²) in [6.45, 7) is 0. The van der Waals surface area contributed by atoms with E-state index < -0.39 is 0 Å². The molecule has 0 amide bonds. The van der Waals surface area contributed by atoms with Crippen molar-refractivity contribution < 1.29 is 7.16 Å². The molecule has 0 aliphatic rings. The van der Waals surface area contributed by atoms with Crippen LogP contribution in [0.15, 0.2) is 162 Å². The second-order valence-corrected chi connectivity index (χ2v) is 11.1. The lowest BCUT2D eigenvalue weighted by Crippen LogP contribution is -1.92. The van der Waals surface area contributed by atoms with Gasteiger partial charge in [0.25, 0.3) is 0 Å². The van der Waals surface area contributed by atoms with Gasteiger partial charge in [0.15, 0.2) is 0 Å². The summed E-state index contributed by atoms with van der Waals surface area (Å²) in [7, 11) is 0. The molecule has 0 aliphatic heterocycles. The molecule has 0 fully saturated rings. The summed E-state index contributed by atoms with van der Waals surface area (Å²) < 4.78 is 24.1. The third kappa shape index (κ3) is 3.65. The molecule has 1 heteroatoms. The highest BCUT2D eigenvalue weighted by Crippen LogP contribution is 2.46. The maximum Gasteiger partial charge on any atom is 0.143 e. The molecule has 1 heterocycles. The highest BCUT2D eigenvalue weighted by Gasteiger charge is 2.19. The second kappa shape index (κ2) is 9.44. The monoisotopic (exact) mass is 548 g/mol. The molecule has 0 atom stereocenters. The standard InChI is InChI=1S/C42H26O/c1-2-12-27(13-3-1)30-14-4-5-16-32(30)41-35-19-8-6-17-33(35)40(34-18-7-9-20-36(34)41)29-23-22-28-24-25-37-31-15-10-11-21-39(31)43-42(37)38(28)26-29/h1-26H/i24D,25D. The quantitative estimate of drug-likeness (QED) is 0.200. The van der Waals surface area contributed by atoms with Crippen LogP contribution in [0.25, 0.3) is 87.6 Å². The first-order chi connectivity index (χ1) is 22.2. The molecule has 0 unspecified atom stereocenters. The van der Waals surface area contributed by atoms with Crippen LogP contribution in [-0.4, -0.2) is 0 Å². The van der Waals surface area contributed by atoms with E-state index in [-0.39, 0.29) is 12.1 Å². The number of rotatable bonds is 3. The first-order valence-corrected chi connectivity index (χ1v) is 14.6. The molecular weight excluding hydrogens is 520 g/mol. The van der Waals surface area contributed by atoms with E-state index in [1.165, 1.54) is 33.0 Å². The lowest BCUT2D eigenvalue weighted by molar-refractivity contribution is 0.672. The van der Waals surface area contributed by atoms with E-state index in [4.69, 9.17) is 7.16 Å². The minimum atomic E-state index is 0.201. The lowest BCUT2D eigenvalue weighted by Gasteiger charge is -2.20. The van der Waals surface area contributed by atoms with Crippen LogP contribution in [0.4, 0.5) is 0 Å². The summed E-state index contributed by atoms with van der Waals surface area (Å²) in [6, 6.07) is 51.1. The zero-order chi connectivity index (χ0) is 30.1. The van der Waals surface area contributed by atoms with E-state index >= 15 is 0 Å². The van der Waals surface area contributed by atoms with Crippen LogP contribution in [0.3, 0.4) is 0 Å². The van der Waals surface area contributed by atoms with Gasteiger partial charge in [-0.15, -0.1) is 0 Å². The zero-order valence-corrected chi connectivity index (χ0v) is 23.3. The number of fused-ring (bicyclic) bond motifs is 7. The van der Waals surface area contributed by atoms with E-state index in [1.54, 1.807) is 0 Å². The van der Waals surface area contributed by atoms with E-state index in [9.17, 15) is 0 Å². The molecule has 0 saturated carbocycles. The Morgan fingerprint density at radius 3 is 1.70 bits per heavy atom. The molecule has 0 N–H and O–H groups in total. The van der Waals surface area contributed by atoms with Crippen LogP contribution < -0.4 is 0 Å². The van der Waals surface area contributed by atoms with Crippen LogP contribution in [0.5, 0.6) is 0 Å². The van der Waals surface area contributed by atoms with Crippen molar-refractivity contribution >= 4 is 54.3 Å². The SMILES string of the molecule is [2H]c1c([2H])c2c3ccccc3oc2c2cc(-c3c4ccccc4c(-c4ccccc4-c4ccccc4)c4ccccc34)ccc12. The summed E-state index contributed by atoms with van der Waals surface area (Å²) in [5.41, 5.74) is 8.41. The second-order valence-electron chi connectivity index (χ2n) is 11.1. The minimum Gasteiger partial charge on any atom is -0.455 e. The number of furan rings is 1. The Morgan fingerprint density at radius 2 is 0.977 bits per heavy atom. The molecule has 9 aromatic rings. The Bertz CT molecular complexity index is 2560. The van der Waals surface area contributed by atoms with Gasteiger partial charge in [0, 0.05) is 16.2 Å². The van der Waals surface area contributed by atoms with Gasteiger partial charge in [0.2, 0.25) is 0 Å². The fraction of sp³-hybridized carbons (Fsp3) is 0. The van der Waals surface area contributed by atoms with Crippen molar-refractivity contribution in [3.63, 3.8) is 0 Å². The topological polar surface area (TPSA) is 13.1 Å². The van der Waals surface area contributed by atoms with Crippen molar-refractivity contribution in [2.45, 2.75) is 0 Å². The number of benzene rings is 8. The molecule has 0 saturated heterocycles. The van der Waals surface area contributed by atoms with Gasteiger partial charge in [-0.1, -0.05) is 140 Å². The van der Waals surface area contributed by atoms with Gasteiger partial charge >= 0.3 is 0 Å². The highest BCUT2D eigenvalue weighted by molar-refractivity contribution is 6.23. The average Bonchev–Trinajstić information content (AvgIpc) is 3.50. The van der Waals surface area contributed by atoms with Crippen molar-refractivity contribution in [2.24, 2.45) is 0 Å². The first-order valence-electron chi connectivity index (χ1n) is 15.6. The van der Waals surface area contributed by atoms with Crippen LogP contribution in [0, 0.1) is 0 Å². The highest BCUT2D eigenvalue weighted by atomic mass is 16.3. The molecule has 1 nitrogen and oxygen atoms in total. The average molecular weight is 549 g/mol.